The fourth-order valence-electron chi connectivity index (χ4n) is 1.91. The second kappa shape index (κ2) is 10.3. The molecule has 0 atom stereocenters. The summed E-state index contributed by atoms with van der Waals surface area (Å²) in [5.74, 6) is -0.884. The van der Waals surface area contributed by atoms with Crippen LogP contribution < -0.4 is 0 Å². The van der Waals surface area contributed by atoms with Crippen molar-refractivity contribution in [3.63, 3.8) is 0 Å². The molecule has 0 fully saturated rings. The third-order valence-electron chi connectivity index (χ3n) is 3.21. The maximum atomic E-state index is 12.2. The van der Waals surface area contributed by atoms with Crippen molar-refractivity contribution in [3.05, 3.63) is 34.9 Å². The summed E-state index contributed by atoms with van der Waals surface area (Å²) < 4.78 is 9.93. The first-order valence-electron chi connectivity index (χ1n) is 7.13. The van der Waals surface area contributed by atoms with E-state index in [1.165, 1.54) is 4.90 Å². The van der Waals surface area contributed by atoms with Gasteiger partial charge in [-0.2, -0.15) is 0 Å². The number of ketones is 1. The molecule has 0 saturated heterocycles. The van der Waals surface area contributed by atoms with Gasteiger partial charge in [-0.15, -0.1) is 0 Å². The topological polar surface area (TPSA) is 55.8 Å². The largest absolute Gasteiger partial charge is 0.383 e. The molecular formula is C16H22ClNO4. The van der Waals surface area contributed by atoms with Gasteiger partial charge in [0, 0.05) is 38.8 Å². The number of benzene rings is 1. The normalized spacial score (nSPS) is 10.5. The van der Waals surface area contributed by atoms with Crippen molar-refractivity contribution in [1.82, 2.24) is 4.90 Å². The van der Waals surface area contributed by atoms with E-state index in [1.807, 2.05) is 12.1 Å². The molecule has 0 spiro atoms. The Morgan fingerprint density at radius 2 is 1.59 bits per heavy atom. The highest BCUT2D eigenvalue weighted by Gasteiger charge is 2.20. The fraction of sp³-hybridized carbons (Fsp3) is 0.500. The summed E-state index contributed by atoms with van der Waals surface area (Å²) in [6.07, 6.45) is 0.696. The van der Waals surface area contributed by atoms with Crippen LogP contribution in [0.5, 0.6) is 0 Å². The number of Topliss-reactive ketones (excluding diaryl/α,β-unsaturated/α-hetero) is 1. The van der Waals surface area contributed by atoms with Gasteiger partial charge < -0.3 is 14.4 Å². The zero-order valence-electron chi connectivity index (χ0n) is 13.0. The molecule has 0 heterocycles. The predicted molar refractivity (Wildman–Crippen MR) is 85.1 cm³/mol. The van der Waals surface area contributed by atoms with Crippen LogP contribution in [0.3, 0.4) is 0 Å². The second-order valence-electron chi connectivity index (χ2n) is 4.83. The van der Waals surface area contributed by atoms with Gasteiger partial charge in [0.05, 0.1) is 13.2 Å². The number of carbonyl (C=O) groups is 2. The Balaban J connectivity index is 2.52. The van der Waals surface area contributed by atoms with E-state index in [4.69, 9.17) is 21.1 Å². The van der Waals surface area contributed by atoms with E-state index in [0.717, 1.165) is 5.56 Å². The van der Waals surface area contributed by atoms with Gasteiger partial charge in [-0.25, -0.2) is 0 Å². The Hall–Kier alpha value is -1.43. The lowest BCUT2D eigenvalue weighted by atomic mass is 10.1. The third kappa shape index (κ3) is 6.56. The molecule has 0 radical (unpaired) electrons. The van der Waals surface area contributed by atoms with Gasteiger partial charge in [0.15, 0.2) is 0 Å². The molecule has 0 N–H and O–H groups in total. The number of rotatable bonds is 10. The molecule has 0 bridgehead atoms. The first kappa shape index (κ1) is 18.6. The number of amides is 1. The van der Waals surface area contributed by atoms with Crippen molar-refractivity contribution in [2.45, 2.75) is 12.8 Å². The number of ether oxygens (including phenoxy) is 2. The van der Waals surface area contributed by atoms with Crippen LogP contribution in [0.2, 0.25) is 5.02 Å². The number of methoxy groups -OCH3 is 2. The fourth-order valence-corrected chi connectivity index (χ4v) is 2.04. The number of halogens is 1. The summed E-state index contributed by atoms with van der Waals surface area (Å²) in [4.78, 5) is 25.7. The number of carbonyl (C=O) groups excluding carboxylic acids is 2. The van der Waals surface area contributed by atoms with Crippen LogP contribution in [0.25, 0.3) is 0 Å². The highest BCUT2D eigenvalue weighted by atomic mass is 35.5. The Bertz CT molecular complexity index is 468. The molecule has 5 nitrogen and oxygen atoms in total. The average molecular weight is 328 g/mol. The zero-order chi connectivity index (χ0) is 16.4. The van der Waals surface area contributed by atoms with Gasteiger partial charge >= 0.3 is 0 Å². The van der Waals surface area contributed by atoms with Gasteiger partial charge in [0.25, 0.3) is 5.91 Å². The van der Waals surface area contributed by atoms with E-state index in [-0.39, 0.29) is 6.42 Å². The monoisotopic (exact) mass is 327 g/mol. The van der Waals surface area contributed by atoms with Gasteiger partial charge in [-0.05, 0) is 24.1 Å². The highest BCUT2D eigenvalue weighted by molar-refractivity contribution is 6.36. The van der Waals surface area contributed by atoms with Crippen molar-refractivity contribution in [1.29, 1.82) is 0 Å². The van der Waals surface area contributed by atoms with Crippen molar-refractivity contribution >= 4 is 23.3 Å². The van der Waals surface area contributed by atoms with Gasteiger partial charge in [0.1, 0.15) is 0 Å². The molecule has 1 aromatic rings. The Kier molecular flexibility index (Phi) is 8.74. The average Bonchev–Trinajstić information content (AvgIpc) is 2.53. The predicted octanol–water partition coefficient (Wildman–Crippen LogP) is 1.96. The van der Waals surface area contributed by atoms with E-state index < -0.39 is 11.7 Å². The number of nitrogens with zero attached hydrogens (tertiary/aromatic N) is 1. The van der Waals surface area contributed by atoms with E-state index in [9.17, 15) is 9.59 Å². The van der Waals surface area contributed by atoms with E-state index in [1.54, 1.807) is 26.4 Å². The van der Waals surface area contributed by atoms with Crippen LogP contribution in [0, 0.1) is 0 Å². The molecular weight excluding hydrogens is 306 g/mol. The Morgan fingerprint density at radius 1 is 1.05 bits per heavy atom. The zero-order valence-corrected chi connectivity index (χ0v) is 13.8. The second-order valence-corrected chi connectivity index (χ2v) is 5.26. The molecule has 6 heteroatoms. The maximum Gasteiger partial charge on any atom is 0.290 e. The minimum Gasteiger partial charge on any atom is -0.383 e. The lowest BCUT2D eigenvalue weighted by molar-refractivity contribution is -0.145. The van der Waals surface area contributed by atoms with Crippen LogP contribution in [0.4, 0.5) is 0 Å². The number of aryl methyl sites for hydroxylation is 1. The van der Waals surface area contributed by atoms with Crippen molar-refractivity contribution in [2.75, 3.05) is 40.5 Å². The van der Waals surface area contributed by atoms with Crippen molar-refractivity contribution in [2.24, 2.45) is 0 Å². The first-order valence-corrected chi connectivity index (χ1v) is 7.50. The summed E-state index contributed by atoms with van der Waals surface area (Å²) in [6, 6.07) is 7.25. The summed E-state index contributed by atoms with van der Waals surface area (Å²) in [6.45, 7) is 1.54. The standard InChI is InChI=1S/C16H22ClNO4/c1-21-11-9-18(10-12-22-2)16(20)15(19)8-5-13-3-6-14(17)7-4-13/h3-4,6-7H,5,8-12H2,1-2H3. The quantitative estimate of drug-likeness (QED) is 0.616. The highest BCUT2D eigenvalue weighted by Crippen LogP contribution is 2.11. The van der Waals surface area contributed by atoms with E-state index in [0.29, 0.717) is 37.7 Å². The SMILES string of the molecule is COCCN(CCOC)C(=O)C(=O)CCc1ccc(Cl)cc1. The van der Waals surface area contributed by atoms with E-state index >= 15 is 0 Å². The van der Waals surface area contributed by atoms with E-state index in [2.05, 4.69) is 0 Å². The summed E-state index contributed by atoms with van der Waals surface area (Å²) in [5, 5.41) is 0.649. The van der Waals surface area contributed by atoms with Crippen molar-refractivity contribution < 1.29 is 19.1 Å². The molecule has 0 aromatic heterocycles. The molecule has 22 heavy (non-hydrogen) atoms. The first-order chi connectivity index (χ1) is 10.6. The minimum atomic E-state index is -0.483. The lowest BCUT2D eigenvalue weighted by Crippen LogP contribution is -2.40. The number of hydrogen-bond acceptors (Lipinski definition) is 4. The molecule has 122 valence electrons. The minimum absolute atomic E-state index is 0.178. The van der Waals surface area contributed by atoms with Gasteiger partial charge in [-0.3, -0.25) is 9.59 Å². The van der Waals surface area contributed by atoms with Crippen LogP contribution >= 0.6 is 11.6 Å². The molecule has 0 aliphatic heterocycles. The molecule has 0 aliphatic carbocycles. The maximum absolute atomic E-state index is 12.2. The smallest absolute Gasteiger partial charge is 0.290 e. The Morgan fingerprint density at radius 3 is 2.09 bits per heavy atom. The number of hydrogen-bond donors (Lipinski definition) is 0. The molecule has 1 amide bonds. The van der Waals surface area contributed by atoms with Gasteiger partial charge in [-0.1, -0.05) is 23.7 Å². The molecule has 0 saturated carbocycles. The summed E-state index contributed by atoms with van der Waals surface area (Å²) in [5.41, 5.74) is 0.978. The van der Waals surface area contributed by atoms with Crippen LogP contribution in [-0.2, 0) is 25.5 Å². The van der Waals surface area contributed by atoms with Crippen LogP contribution in [0.15, 0.2) is 24.3 Å². The van der Waals surface area contributed by atoms with Crippen LogP contribution in [0.1, 0.15) is 12.0 Å². The molecule has 0 aliphatic rings. The summed E-state index contributed by atoms with van der Waals surface area (Å²) >= 11 is 5.81. The lowest BCUT2D eigenvalue weighted by Gasteiger charge is -2.21. The Labute approximate surface area is 136 Å². The third-order valence-corrected chi connectivity index (χ3v) is 3.46. The summed E-state index contributed by atoms with van der Waals surface area (Å²) in [7, 11) is 3.11. The van der Waals surface area contributed by atoms with Crippen molar-refractivity contribution in [3.8, 4) is 0 Å². The van der Waals surface area contributed by atoms with Gasteiger partial charge in [0.2, 0.25) is 5.78 Å². The van der Waals surface area contributed by atoms with Crippen LogP contribution in [-0.4, -0.2) is 57.1 Å². The molecule has 0 unspecified atom stereocenters. The molecule has 1 rings (SSSR count). The molecule has 1 aromatic carbocycles.